The van der Waals surface area contributed by atoms with Crippen molar-refractivity contribution in [3.8, 4) is 0 Å². The SMILES string of the molecule is O=Cc1nnn(CCO)c1C(F)F. The average Bonchev–Trinajstić information content (AvgIpc) is 2.48. The van der Waals surface area contributed by atoms with Gasteiger partial charge in [-0.25, -0.2) is 13.5 Å². The van der Waals surface area contributed by atoms with Gasteiger partial charge in [0.1, 0.15) is 5.69 Å². The predicted molar refractivity (Wildman–Crippen MR) is 37.5 cm³/mol. The molecule has 0 atom stereocenters. The van der Waals surface area contributed by atoms with Crippen LogP contribution in [0.5, 0.6) is 0 Å². The van der Waals surface area contributed by atoms with E-state index < -0.39 is 12.1 Å². The van der Waals surface area contributed by atoms with Gasteiger partial charge in [0.05, 0.1) is 13.2 Å². The van der Waals surface area contributed by atoms with Gasteiger partial charge in [-0.3, -0.25) is 4.79 Å². The number of carbonyl (C=O) groups excluding carboxylic acids is 1. The van der Waals surface area contributed by atoms with Crippen LogP contribution in [-0.2, 0) is 6.54 Å². The van der Waals surface area contributed by atoms with Gasteiger partial charge in [-0.1, -0.05) is 5.21 Å². The molecule has 13 heavy (non-hydrogen) atoms. The third kappa shape index (κ3) is 1.86. The summed E-state index contributed by atoms with van der Waals surface area (Å²) in [5.74, 6) is 0. The van der Waals surface area contributed by atoms with Gasteiger partial charge in [0, 0.05) is 0 Å². The van der Waals surface area contributed by atoms with Crippen molar-refractivity contribution in [2.45, 2.75) is 13.0 Å². The summed E-state index contributed by atoms with van der Waals surface area (Å²) in [6.07, 6.45) is -2.61. The number of rotatable bonds is 4. The second-order valence-electron chi connectivity index (χ2n) is 2.23. The molecule has 1 N–H and O–H groups in total. The molecule has 0 bridgehead atoms. The fourth-order valence-electron chi connectivity index (χ4n) is 0.902. The number of hydrogen-bond acceptors (Lipinski definition) is 4. The number of halogens is 2. The van der Waals surface area contributed by atoms with Gasteiger partial charge in [-0.15, -0.1) is 5.10 Å². The summed E-state index contributed by atoms with van der Waals surface area (Å²) in [4.78, 5) is 10.2. The number of aromatic nitrogens is 3. The van der Waals surface area contributed by atoms with Gasteiger partial charge in [0.25, 0.3) is 6.43 Å². The fourth-order valence-corrected chi connectivity index (χ4v) is 0.902. The molecule has 1 heterocycles. The summed E-state index contributed by atoms with van der Waals surface area (Å²) in [5.41, 5.74) is -0.937. The van der Waals surface area contributed by atoms with Crippen LogP contribution in [0.3, 0.4) is 0 Å². The molecule has 0 fully saturated rings. The molecule has 0 unspecified atom stereocenters. The fraction of sp³-hybridized carbons (Fsp3) is 0.500. The molecule has 7 heteroatoms. The second-order valence-corrected chi connectivity index (χ2v) is 2.23. The molecule has 1 aromatic heterocycles. The van der Waals surface area contributed by atoms with E-state index in [1.807, 2.05) is 0 Å². The van der Waals surface area contributed by atoms with E-state index in [0.717, 1.165) is 4.68 Å². The molecule has 0 aliphatic carbocycles. The lowest BCUT2D eigenvalue weighted by Gasteiger charge is -2.02. The van der Waals surface area contributed by atoms with Gasteiger partial charge < -0.3 is 5.11 Å². The number of hydrogen-bond donors (Lipinski definition) is 1. The van der Waals surface area contributed by atoms with E-state index in [-0.39, 0.29) is 25.1 Å². The van der Waals surface area contributed by atoms with Crippen LogP contribution in [-0.4, -0.2) is 33.0 Å². The van der Waals surface area contributed by atoms with Crippen LogP contribution in [0.25, 0.3) is 0 Å². The van der Waals surface area contributed by atoms with E-state index in [4.69, 9.17) is 5.11 Å². The summed E-state index contributed by atoms with van der Waals surface area (Å²) in [5, 5.41) is 15.0. The van der Waals surface area contributed by atoms with Crippen LogP contribution in [0.2, 0.25) is 0 Å². The van der Waals surface area contributed by atoms with Crippen LogP contribution >= 0.6 is 0 Å². The summed E-state index contributed by atoms with van der Waals surface area (Å²) < 4.78 is 25.4. The standard InChI is InChI=1S/C6H7F2N3O2/c7-6(8)5-4(3-13)9-10-11(5)1-2-12/h3,6,12H,1-2H2. The Morgan fingerprint density at radius 3 is 2.77 bits per heavy atom. The quantitative estimate of drug-likeness (QED) is 0.681. The Bertz CT molecular complexity index is 300. The van der Waals surface area contributed by atoms with Crippen LogP contribution in [0.1, 0.15) is 22.6 Å². The van der Waals surface area contributed by atoms with Crippen molar-refractivity contribution < 1.29 is 18.7 Å². The normalized spacial score (nSPS) is 10.8. The van der Waals surface area contributed by atoms with Crippen LogP contribution < -0.4 is 0 Å². The average molecular weight is 191 g/mol. The summed E-state index contributed by atoms with van der Waals surface area (Å²) >= 11 is 0. The number of alkyl halides is 2. The minimum absolute atomic E-state index is 0.0967. The lowest BCUT2D eigenvalue weighted by molar-refractivity contribution is 0.109. The Morgan fingerprint density at radius 1 is 1.62 bits per heavy atom. The molecule has 1 aromatic rings. The maximum Gasteiger partial charge on any atom is 0.282 e. The van der Waals surface area contributed by atoms with Gasteiger partial charge in [0.15, 0.2) is 12.0 Å². The largest absolute Gasteiger partial charge is 0.394 e. The van der Waals surface area contributed by atoms with Crippen molar-refractivity contribution in [2.24, 2.45) is 0 Å². The summed E-state index contributed by atoms with van der Waals surface area (Å²) in [6.45, 7) is -0.429. The molecule has 72 valence electrons. The number of aliphatic hydroxyl groups excluding tert-OH is 1. The summed E-state index contributed by atoms with van der Waals surface area (Å²) in [7, 11) is 0. The van der Waals surface area contributed by atoms with Gasteiger partial charge in [0.2, 0.25) is 0 Å². The molecule has 0 spiro atoms. The Kier molecular flexibility index (Phi) is 3.02. The first kappa shape index (κ1) is 9.72. The van der Waals surface area contributed by atoms with Gasteiger partial charge >= 0.3 is 0 Å². The molecule has 0 aliphatic heterocycles. The smallest absolute Gasteiger partial charge is 0.282 e. The second kappa shape index (κ2) is 4.04. The van der Waals surface area contributed by atoms with E-state index in [1.165, 1.54) is 0 Å². The molecule has 0 saturated heterocycles. The van der Waals surface area contributed by atoms with Crippen molar-refractivity contribution >= 4 is 6.29 Å². The molecule has 0 aliphatic rings. The van der Waals surface area contributed by atoms with Crippen molar-refractivity contribution in [2.75, 3.05) is 6.61 Å². The summed E-state index contributed by atoms with van der Waals surface area (Å²) in [6, 6.07) is 0. The highest BCUT2D eigenvalue weighted by Crippen LogP contribution is 2.19. The molecule has 0 aromatic carbocycles. The molecular weight excluding hydrogens is 184 g/mol. The Balaban J connectivity index is 3.06. The van der Waals surface area contributed by atoms with Crippen LogP contribution in [0.15, 0.2) is 0 Å². The molecule has 5 nitrogen and oxygen atoms in total. The van der Waals surface area contributed by atoms with Crippen LogP contribution in [0, 0.1) is 0 Å². The Labute approximate surface area is 72.0 Å². The zero-order valence-corrected chi connectivity index (χ0v) is 6.52. The highest BCUT2D eigenvalue weighted by molar-refractivity contribution is 5.73. The maximum atomic E-state index is 12.3. The van der Waals surface area contributed by atoms with E-state index in [0.29, 0.717) is 0 Å². The van der Waals surface area contributed by atoms with Crippen molar-refractivity contribution in [1.29, 1.82) is 0 Å². The number of nitrogens with zero attached hydrogens (tertiary/aromatic N) is 3. The highest BCUT2D eigenvalue weighted by Gasteiger charge is 2.20. The molecular formula is C6H7F2N3O2. The zero-order valence-electron chi connectivity index (χ0n) is 6.52. The van der Waals surface area contributed by atoms with Gasteiger partial charge in [-0.05, 0) is 0 Å². The Hall–Kier alpha value is -1.37. The topological polar surface area (TPSA) is 68.0 Å². The van der Waals surface area contributed by atoms with Crippen LogP contribution in [0.4, 0.5) is 8.78 Å². The lowest BCUT2D eigenvalue weighted by atomic mass is 10.3. The molecule has 1 rings (SSSR count). The van der Waals surface area contributed by atoms with Crippen molar-refractivity contribution in [1.82, 2.24) is 15.0 Å². The molecule has 0 amide bonds. The van der Waals surface area contributed by atoms with Crippen molar-refractivity contribution in [3.63, 3.8) is 0 Å². The maximum absolute atomic E-state index is 12.3. The number of aliphatic hydroxyl groups is 1. The third-order valence-electron chi connectivity index (χ3n) is 1.43. The predicted octanol–water partition coefficient (Wildman–Crippen LogP) is 0.0205. The highest BCUT2D eigenvalue weighted by atomic mass is 19.3. The zero-order chi connectivity index (χ0) is 9.84. The minimum atomic E-state index is -2.82. The van der Waals surface area contributed by atoms with E-state index >= 15 is 0 Å². The van der Waals surface area contributed by atoms with Gasteiger partial charge in [-0.2, -0.15) is 0 Å². The number of aldehydes is 1. The third-order valence-corrected chi connectivity index (χ3v) is 1.43. The first-order valence-corrected chi connectivity index (χ1v) is 3.48. The molecule has 0 saturated carbocycles. The van der Waals surface area contributed by atoms with E-state index in [9.17, 15) is 13.6 Å². The van der Waals surface area contributed by atoms with E-state index in [1.54, 1.807) is 0 Å². The van der Waals surface area contributed by atoms with E-state index in [2.05, 4.69) is 10.3 Å². The lowest BCUT2D eigenvalue weighted by Crippen LogP contribution is -2.09. The first-order chi connectivity index (χ1) is 6.20. The minimum Gasteiger partial charge on any atom is -0.394 e. The Morgan fingerprint density at radius 2 is 2.31 bits per heavy atom. The first-order valence-electron chi connectivity index (χ1n) is 3.48. The number of carbonyl (C=O) groups is 1. The van der Waals surface area contributed by atoms with Crippen molar-refractivity contribution in [3.05, 3.63) is 11.4 Å². The molecule has 0 radical (unpaired) electrons. The monoisotopic (exact) mass is 191 g/mol.